The van der Waals surface area contributed by atoms with E-state index in [0.717, 1.165) is 6.26 Å². The predicted molar refractivity (Wildman–Crippen MR) is 74.1 cm³/mol. The van der Waals surface area contributed by atoms with Crippen LogP contribution in [0, 0.1) is 0 Å². The molecule has 0 radical (unpaired) electrons. The number of hydrogen-bond donors (Lipinski definition) is 0. The van der Waals surface area contributed by atoms with Crippen molar-refractivity contribution in [2.75, 3.05) is 38.2 Å². The molecular formula is C12H22N2O5S. The van der Waals surface area contributed by atoms with Gasteiger partial charge in [-0.05, 0) is 20.8 Å². The highest BCUT2D eigenvalue weighted by molar-refractivity contribution is 7.91. The van der Waals surface area contributed by atoms with Crippen molar-refractivity contribution in [3.63, 3.8) is 0 Å². The van der Waals surface area contributed by atoms with Gasteiger partial charge in [-0.25, -0.2) is 13.2 Å². The van der Waals surface area contributed by atoms with Crippen LogP contribution in [0.15, 0.2) is 0 Å². The van der Waals surface area contributed by atoms with Crippen LogP contribution in [0.25, 0.3) is 0 Å². The van der Waals surface area contributed by atoms with Gasteiger partial charge in [0.2, 0.25) is 5.91 Å². The largest absolute Gasteiger partial charge is 0.444 e. The van der Waals surface area contributed by atoms with Crippen molar-refractivity contribution < 1.29 is 22.7 Å². The van der Waals surface area contributed by atoms with Crippen molar-refractivity contribution in [2.45, 2.75) is 26.4 Å². The molecule has 1 heterocycles. The summed E-state index contributed by atoms with van der Waals surface area (Å²) < 4.78 is 27.4. The van der Waals surface area contributed by atoms with Crippen molar-refractivity contribution in [1.82, 2.24) is 9.80 Å². The summed E-state index contributed by atoms with van der Waals surface area (Å²) in [6.07, 6.45) is 0.620. The Bertz CT molecular complexity index is 473. The number of amides is 2. The molecule has 0 aromatic heterocycles. The number of carbonyl (C=O) groups is 2. The Kier molecular flexibility index (Phi) is 5.01. The minimum absolute atomic E-state index is 0.327. The monoisotopic (exact) mass is 306 g/mol. The van der Waals surface area contributed by atoms with E-state index in [4.69, 9.17) is 4.74 Å². The Balaban J connectivity index is 2.48. The van der Waals surface area contributed by atoms with E-state index in [1.165, 1.54) is 9.80 Å². The van der Waals surface area contributed by atoms with Crippen molar-refractivity contribution >= 4 is 21.8 Å². The second-order valence-electron chi connectivity index (χ2n) is 5.92. The molecule has 0 bridgehead atoms. The lowest BCUT2D eigenvalue weighted by molar-refractivity contribution is -0.130. The Hall–Kier alpha value is -1.31. The maximum atomic E-state index is 11.8. The van der Waals surface area contributed by atoms with Crippen LogP contribution in [0.3, 0.4) is 0 Å². The molecule has 1 aliphatic heterocycles. The van der Waals surface area contributed by atoms with Gasteiger partial charge in [0.05, 0.1) is 0 Å². The molecular weight excluding hydrogens is 284 g/mol. The molecule has 1 saturated heterocycles. The van der Waals surface area contributed by atoms with Crippen LogP contribution >= 0.6 is 0 Å². The summed E-state index contributed by atoms with van der Waals surface area (Å²) in [6, 6.07) is 0. The van der Waals surface area contributed by atoms with Gasteiger partial charge in [0.1, 0.15) is 11.4 Å². The van der Waals surface area contributed by atoms with Crippen LogP contribution in [-0.2, 0) is 19.4 Å². The molecule has 0 unspecified atom stereocenters. The molecule has 1 fully saturated rings. The van der Waals surface area contributed by atoms with Gasteiger partial charge < -0.3 is 14.5 Å². The first-order valence-corrected chi connectivity index (χ1v) is 8.47. The standard InChI is InChI=1S/C12H22N2O5S/c1-12(2,3)19-11(16)14-7-5-13(6-8-14)10(15)9-20(4,17)18/h5-9H2,1-4H3. The van der Waals surface area contributed by atoms with Gasteiger partial charge in [-0.15, -0.1) is 0 Å². The molecule has 0 N–H and O–H groups in total. The maximum Gasteiger partial charge on any atom is 0.410 e. The van der Waals surface area contributed by atoms with Gasteiger partial charge in [-0.3, -0.25) is 4.79 Å². The van der Waals surface area contributed by atoms with Crippen LogP contribution in [0.1, 0.15) is 20.8 Å². The van der Waals surface area contributed by atoms with Crippen LogP contribution < -0.4 is 0 Å². The van der Waals surface area contributed by atoms with Gasteiger partial charge in [0, 0.05) is 32.4 Å². The fourth-order valence-corrected chi connectivity index (χ4v) is 2.41. The van der Waals surface area contributed by atoms with E-state index < -0.39 is 33.2 Å². The van der Waals surface area contributed by atoms with E-state index in [1.54, 1.807) is 20.8 Å². The quantitative estimate of drug-likeness (QED) is 0.723. The van der Waals surface area contributed by atoms with E-state index in [-0.39, 0.29) is 0 Å². The van der Waals surface area contributed by atoms with Gasteiger partial charge in [-0.1, -0.05) is 0 Å². The summed E-state index contributed by atoms with van der Waals surface area (Å²) in [5.41, 5.74) is -0.555. The lowest BCUT2D eigenvalue weighted by atomic mass is 10.2. The fraction of sp³-hybridized carbons (Fsp3) is 0.833. The summed E-state index contributed by atoms with van der Waals surface area (Å²) >= 11 is 0. The van der Waals surface area contributed by atoms with Crippen LogP contribution in [0.5, 0.6) is 0 Å². The molecule has 0 aliphatic carbocycles. The molecule has 0 saturated carbocycles. The normalized spacial score (nSPS) is 17.0. The van der Waals surface area contributed by atoms with E-state index >= 15 is 0 Å². The lowest BCUT2D eigenvalue weighted by Gasteiger charge is -2.35. The lowest BCUT2D eigenvalue weighted by Crippen LogP contribution is -2.52. The second-order valence-corrected chi connectivity index (χ2v) is 8.06. The first kappa shape index (κ1) is 16.7. The molecule has 7 nitrogen and oxygen atoms in total. The minimum atomic E-state index is -3.32. The molecule has 0 aromatic carbocycles. The molecule has 2 amide bonds. The Morgan fingerprint density at radius 3 is 1.90 bits per heavy atom. The molecule has 1 aliphatic rings. The molecule has 0 atom stereocenters. The summed E-state index contributed by atoms with van der Waals surface area (Å²) in [4.78, 5) is 26.5. The highest BCUT2D eigenvalue weighted by Crippen LogP contribution is 2.12. The number of nitrogens with zero attached hydrogens (tertiary/aromatic N) is 2. The number of hydrogen-bond acceptors (Lipinski definition) is 5. The molecule has 20 heavy (non-hydrogen) atoms. The van der Waals surface area contributed by atoms with E-state index in [0.29, 0.717) is 26.2 Å². The van der Waals surface area contributed by atoms with Gasteiger partial charge >= 0.3 is 6.09 Å². The third-order valence-corrected chi connectivity index (χ3v) is 3.44. The number of carbonyl (C=O) groups excluding carboxylic acids is 2. The van der Waals surface area contributed by atoms with Gasteiger partial charge in [-0.2, -0.15) is 0 Å². The SMILES string of the molecule is CC(C)(C)OC(=O)N1CCN(C(=O)CS(C)(=O)=O)CC1. The second kappa shape index (κ2) is 5.99. The summed E-state index contributed by atoms with van der Waals surface area (Å²) in [5.74, 6) is -0.907. The topological polar surface area (TPSA) is 84.0 Å². The van der Waals surface area contributed by atoms with E-state index in [2.05, 4.69) is 0 Å². The number of piperazine rings is 1. The third-order valence-electron chi connectivity index (χ3n) is 2.67. The average molecular weight is 306 g/mol. The number of rotatable bonds is 2. The zero-order valence-corrected chi connectivity index (χ0v) is 13.2. The summed E-state index contributed by atoms with van der Waals surface area (Å²) in [5, 5.41) is 0. The molecule has 0 aromatic rings. The first-order valence-electron chi connectivity index (χ1n) is 6.41. The van der Waals surface area contributed by atoms with Crippen LogP contribution in [0.2, 0.25) is 0 Å². The third kappa shape index (κ3) is 5.77. The van der Waals surface area contributed by atoms with Crippen molar-refractivity contribution in [3.05, 3.63) is 0 Å². The Morgan fingerprint density at radius 1 is 1.05 bits per heavy atom. The fourth-order valence-electron chi connectivity index (χ4n) is 1.78. The summed E-state index contributed by atoms with van der Waals surface area (Å²) in [7, 11) is -3.32. The minimum Gasteiger partial charge on any atom is -0.444 e. The zero-order valence-electron chi connectivity index (χ0n) is 12.4. The zero-order chi connectivity index (χ0) is 15.6. The molecule has 1 rings (SSSR count). The van der Waals surface area contributed by atoms with Crippen LogP contribution in [-0.4, -0.2) is 74.0 Å². The van der Waals surface area contributed by atoms with Crippen molar-refractivity contribution in [3.8, 4) is 0 Å². The smallest absolute Gasteiger partial charge is 0.410 e. The maximum absolute atomic E-state index is 11.8. The van der Waals surface area contributed by atoms with Crippen LogP contribution in [0.4, 0.5) is 4.79 Å². The van der Waals surface area contributed by atoms with Crippen molar-refractivity contribution in [1.29, 1.82) is 0 Å². The highest BCUT2D eigenvalue weighted by atomic mass is 32.2. The Morgan fingerprint density at radius 2 is 1.50 bits per heavy atom. The Labute approximate surface area is 119 Å². The summed E-state index contributed by atoms with van der Waals surface area (Å²) in [6.45, 7) is 6.72. The highest BCUT2D eigenvalue weighted by Gasteiger charge is 2.28. The van der Waals surface area contributed by atoms with Gasteiger partial charge in [0.25, 0.3) is 0 Å². The van der Waals surface area contributed by atoms with E-state index in [1.807, 2.05) is 0 Å². The molecule has 0 spiro atoms. The number of ether oxygens (including phenoxy) is 1. The molecule has 116 valence electrons. The molecule has 8 heteroatoms. The van der Waals surface area contributed by atoms with Gasteiger partial charge in [0.15, 0.2) is 9.84 Å². The number of sulfone groups is 1. The van der Waals surface area contributed by atoms with E-state index in [9.17, 15) is 18.0 Å². The predicted octanol–water partition coefficient (Wildman–Crippen LogP) is 0.110. The van der Waals surface area contributed by atoms with Crippen molar-refractivity contribution in [2.24, 2.45) is 0 Å². The average Bonchev–Trinajstić information content (AvgIpc) is 2.24. The first-order chi connectivity index (χ1) is 8.98.